The number of hydrogen-bond acceptors (Lipinski definition) is 3. The number of rotatable bonds is 5. The molecule has 0 saturated carbocycles. The van der Waals surface area contributed by atoms with Crippen molar-refractivity contribution in [3.05, 3.63) is 100 Å². The number of amides is 1. The molecule has 0 aliphatic carbocycles. The second-order valence-electron chi connectivity index (χ2n) is 5.76. The van der Waals surface area contributed by atoms with Crippen molar-refractivity contribution in [2.75, 3.05) is 0 Å². The summed E-state index contributed by atoms with van der Waals surface area (Å²) in [6.07, 6.45) is 3.22. The second kappa shape index (κ2) is 7.57. The minimum atomic E-state index is -0.390. The lowest BCUT2D eigenvalue weighted by Crippen LogP contribution is -2.36. The van der Waals surface area contributed by atoms with Gasteiger partial charge in [0.05, 0.1) is 11.7 Å². The van der Waals surface area contributed by atoms with Gasteiger partial charge in [0.25, 0.3) is 11.5 Å². The van der Waals surface area contributed by atoms with Crippen LogP contribution in [0.3, 0.4) is 0 Å². The van der Waals surface area contributed by atoms with Crippen LogP contribution < -0.4 is 5.56 Å². The molecule has 0 aliphatic rings. The Morgan fingerprint density at radius 3 is 2.52 bits per heavy atom. The summed E-state index contributed by atoms with van der Waals surface area (Å²) in [5.74, 6) is -0.316. The van der Waals surface area contributed by atoms with Crippen molar-refractivity contribution in [3.63, 3.8) is 0 Å². The predicted octanol–water partition coefficient (Wildman–Crippen LogP) is 3.17. The summed E-state index contributed by atoms with van der Waals surface area (Å²) in [5, 5.41) is 0. The fourth-order valence-corrected chi connectivity index (χ4v) is 2.69. The fraction of sp³-hybridized carbons (Fsp3) is 0.150. The Hall–Kier alpha value is -3.21. The van der Waals surface area contributed by atoms with Gasteiger partial charge in [-0.2, -0.15) is 0 Å². The van der Waals surface area contributed by atoms with Crippen LogP contribution in [0.1, 0.15) is 34.6 Å². The first kappa shape index (κ1) is 16.6. The van der Waals surface area contributed by atoms with Gasteiger partial charge in [0.15, 0.2) is 0 Å². The highest BCUT2D eigenvalue weighted by molar-refractivity contribution is 5.94. The van der Waals surface area contributed by atoms with Crippen molar-refractivity contribution >= 4 is 5.91 Å². The molecule has 25 heavy (non-hydrogen) atoms. The zero-order chi connectivity index (χ0) is 17.6. The molecule has 3 aromatic rings. The number of H-pyrrole nitrogens is 1. The van der Waals surface area contributed by atoms with E-state index in [0.29, 0.717) is 6.54 Å². The minimum Gasteiger partial charge on any atom is -0.328 e. The van der Waals surface area contributed by atoms with Crippen molar-refractivity contribution in [1.82, 2.24) is 14.9 Å². The molecule has 1 amide bonds. The van der Waals surface area contributed by atoms with Crippen molar-refractivity contribution in [2.24, 2.45) is 0 Å². The molecule has 0 radical (unpaired) electrons. The molecule has 2 aromatic heterocycles. The number of carbonyl (C=O) groups is 1. The normalized spacial score (nSPS) is 11.7. The molecule has 126 valence electrons. The SMILES string of the molecule is C[C@@H](c1ccccn1)N(Cc1ccccc1)C(=O)c1ccc[nH]c1=O. The number of carbonyl (C=O) groups excluding carboxylic acids is 1. The summed E-state index contributed by atoms with van der Waals surface area (Å²) in [6, 6.07) is 18.2. The van der Waals surface area contributed by atoms with Gasteiger partial charge < -0.3 is 9.88 Å². The summed E-state index contributed by atoms with van der Waals surface area (Å²) in [7, 11) is 0. The highest BCUT2D eigenvalue weighted by Gasteiger charge is 2.25. The quantitative estimate of drug-likeness (QED) is 0.780. The third-order valence-electron chi connectivity index (χ3n) is 4.09. The van der Waals surface area contributed by atoms with E-state index in [2.05, 4.69) is 9.97 Å². The Balaban J connectivity index is 1.98. The lowest BCUT2D eigenvalue weighted by atomic mass is 10.1. The van der Waals surface area contributed by atoms with Gasteiger partial charge in [-0.25, -0.2) is 0 Å². The molecule has 0 bridgehead atoms. The molecule has 3 rings (SSSR count). The van der Waals surface area contributed by atoms with Crippen LogP contribution in [0, 0.1) is 0 Å². The summed E-state index contributed by atoms with van der Waals surface area (Å²) in [4.78, 5) is 33.7. The molecular formula is C20H19N3O2. The summed E-state index contributed by atoms with van der Waals surface area (Å²) in [5.41, 5.74) is 1.50. The molecule has 5 nitrogen and oxygen atoms in total. The van der Waals surface area contributed by atoms with Crippen LogP contribution in [0.25, 0.3) is 0 Å². The maximum atomic E-state index is 13.1. The van der Waals surface area contributed by atoms with E-state index in [4.69, 9.17) is 0 Å². The lowest BCUT2D eigenvalue weighted by molar-refractivity contribution is 0.0668. The smallest absolute Gasteiger partial charge is 0.260 e. The Labute approximate surface area is 146 Å². The summed E-state index contributed by atoms with van der Waals surface area (Å²) in [6.45, 7) is 2.31. The molecule has 1 aromatic carbocycles. The van der Waals surface area contributed by atoms with Gasteiger partial charge in [0.2, 0.25) is 0 Å². The summed E-state index contributed by atoms with van der Waals surface area (Å²) < 4.78 is 0. The van der Waals surface area contributed by atoms with Crippen LogP contribution in [0.2, 0.25) is 0 Å². The van der Waals surface area contributed by atoms with E-state index in [-0.39, 0.29) is 17.5 Å². The lowest BCUT2D eigenvalue weighted by Gasteiger charge is -2.29. The van der Waals surface area contributed by atoms with E-state index >= 15 is 0 Å². The molecule has 1 N–H and O–H groups in total. The maximum Gasteiger partial charge on any atom is 0.260 e. The molecular weight excluding hydrogens is 314 g/mol. The first-order chi connectivity index (χ1) is 12.2. The third-order valence-corrected chi connectivity index (χ3v) is 4.09. The second-order valence-corrected chi connectivity index (χ2v) is 5.76. The van der Waals surface area contributed by atoms with Gasteiger partial charge in [0, 0.05) is 18.9 Å². The predicted molar refractivity (Wildman–Crippen MR) is 96.0 cm³/mol. The van der Waals surface area contributed by atoms with E-state index in [1.165, 1.54) is 6.20 Å². The van der Waals surface area contributed by atoms with Crippen molar-refractivity contribution < 1.29 is 4.79 Å². The Bertz CT molecular complexity index is 891. The first-order valence-corrected chi connectivity index (χ1v) is 8.10. The van der Waals surface area contributed by atoms with Crippen LogP contribution >= 0.6 is 0 Å². The van der Waals surface area contributed by atoms with Gasteiger partial charge in [-0.1, -0.05) is 36.4 Å². The van der Waals surface area contributed by atoms with Crippen LogP contribution in [0.4, 0.5) is 0 Å². The molecule has 0 fully saturated rings. The number of aromatic nitrogens is 2. The number of nitrogens with one attached hydrogen (secondary N) is 1. The van der Waals surface area contributed by atoms with Crippen molar-refractivity contribution in [3.8, 4) is 0 Å². The highest BCUT2D eigenvalue weighted by atomic mass is 16.2. The van der Waals surface area contributed by atoms with Gasteiger partial charge in [-0.3, -0.25) is 14.6 Å². The number of pyridine rings is 2. The van der Waals surface area contributed by atoms with E-state index in [0.717, 1.165) is 11.3 Å². The third kappa shape index (κ3) is 3.83. The first-order valence-electron chi connectivity index (χ1n) is 8.10. The fourth-order valence-electron chi connectivity index (χ4n) is 2.69. The average Bonchev–Trinajstić information content (AvgIpc) is 2.67. The number of benzene rings is 1. The number of hydrogen-bond donors (Lipinski definition) is 1. The minimum absolute atomic E-state index is 0.126. The largest absolute Gasteiger partial charge is 0.328 e. The summed E-state index contributed by atoms with van der Waals surface area (Å²) >= 11 is 0. The molecule has 0 unspecified atom stereocenters. The molecule has 2 heterocycles. The molecule has 5 heteroatoms. The van der Waals surface area contributed by atoms with Crippen molar-refractivity contribution in [1.29, 1.82) is 0 Å². The Morgan fingerprint density at radius 1 is 1.08 bits per heavy atom. The van der Waals surface area contributed by atoms with Gasteiger partial charge in [0.1, 0.15) is 5.56 Å². The maximum absolute atomic E-state index is 13.1. The van der Waals surface area contributed by atoms with E-state index in [1.807, 2.05) is 55.5 Å². The number of aromatic amines is 1. The van der Waals surface area contributed by atoms with E-state index in [9.17, 15) is 9.59 Å². The zero-order valence-corrected chi connectivity index (χ0v) is 13.9. The van der Waals surface area contributed by atoms with E-state index in [1.54, 1.807) is 23.2 Å². The Morgan fingerprint density at radius 2 is 1.84 bits per heavy atom. The van der Waals surface area contributed by atoms with Gasteiger partial charge in [-0.05, 0) is 36.8 Å². The average molecular weight is 333 g/mol. The van der Waals surface area contributed by atoms with Crippen LogP contribution in [0.15, 0.2) is 77.9 Å². The molecule has 0 spiro atoms. The molecule has 1 atom stereocenters. The topological polar surface area (TPSA) is 66.1 Å². The zero-order valence-electron chi connectivity index (χ0n) is 13.9. The number of nitrogens with zero attached hydrogens (tertiary/aromatic N) is 2. The van der Waals surface area contributed by atoms with E-state index < -0.39 is 5.56 Å². The monoisotopic (exact) mass is 333 g/mol. The van der Waals surface area contributed by atoms with Crippen molar-refractivity contribution in [2.45, 2.75) is 19.5 Å². The van der Waals surface area contributed by atoms with Gasteiger partial charge >= 0.3 is 0 Å². The van der Waals surface area contributed by atoms with Crippen LogP contribution in [-0.4, -0.2) is 20.8 Å². The van der Waals surface area contributed by atoms with Crippen LogP contribution in [0.5, 0.6) is 0 Å². The molecule has 0 aliphatic heterocycles. The highest BCUT2D eigenvalue weighted by Crippen LogP contribution is 2.22. The standard InChI is InChI=1S/C20H19N3O2/c1-15(18-11-5-6-12-21-18)23(14-16-8-3-2-4-9-16)20(25)17-10-7-13-22-19(17)24/h2-13,15H,14H2,1H3,(H,22,24)/t15-/m0/s1. The van der Waals surface area contributed by atoms with Crippen LogP contribution in [-0.2, 0) is 6.54 Å². The molecule has 0 saturated heterocycles. The van der Waals surface area contributed by atoms with Gasteiger partial charge in [-0.15, -0.1) is 0 Å². The Kier molecular flexibility index (Phi) is 5.04.